The molecular formula is C20H21Cl2NO3. The molecule has 1 N–H and O–H groups in total. The van der Waals surface area contributed by atoms with E-state index >= 15 is 0 Å². The molecule has 2 aromatic carbocycles. The minimum absolute atomic E-state index is 0.0514. The van der Waals surface area contributed by atoms with E-state index in [-0.39, 0.29) is 15.6 Å². The first-order chi connectivity index (χ1) is 12.3. The van der Waals surface area contributed by atoms with Gasteiger partial charge in [-0.05, 0) is 43.0 Å². The first kappa shape index (κ1) is 20.3. The first-order valence-corrected chi connectivity index (χ1v) is 9.15. The van der Waals surface area contributed by atoms with Crippen LogP contribution in [0.5, 0.6) is 0 Å². The van der Waals surface area contributed by atoms with Crippen molar-refractivity contribution in [1.82, 2.24) is 0 Å². The monoisotopic (exact) mass is 393 g/mol. The number of ether oxygens (including phenoxy) is 1. The highest BCUT2D eigenvalue weighted by molar-refractivity contribution is 6.39. The zero-order chi connectivity index (χ0) is 19.3. The molecule has 0 spiro atoms. The van der Waals surface area contributed by atoms with Gasteiger partial charge in [0.1, 0.15) is 0 Å². The Balaban J connectivity index is 2.10. The van der Waals surface area contributed by atoms with Crippen LogP contribution in [0.2, 0.25) is 10.0 Å². The van der Waals surface area contributed by atoms with E-state index < -0.39 is 18.0 Å². The van der Waals surface area contributed by atoms with Crippen molar-refractivity contribution in [2.24, 2.45) is 0 Å². The zero-order valence-corrected chi connectivity index (χ0v) is 16.4. The average molecular weight is 394 g/mol. The second kappa shape index (κ2) is 9.06. The first-order valence-electron chi connectivity index (χ1n) is 8.39. The second-order valence-electron chi connectivity index (χ2n) is 6.03. The minimum Gasteiger partial charge on any atom is -0.449 e. The van der Waals surface area contributed by atoms with Crippen molar-refractivity contribution >= 4 is 40.8 Å². The Morgan fingerprint density at radius 3 is 2.27 bits per heavy atom. The Labute approximate surface area is 163 Å². The maximum Gasteiger partial charge on any atom is 0.341 e. The topological polar surface area (TPSA) is 55.4 Å². The lowest BCUT2D eigenvalue weighted by Crippen LogP contribution is -2.30. The molecule has 0 aromatic heterocycles. The number of nitrogens with one attached hydrogen (secondary N) is 1. The molecule has 0 saturated heterocycles. The molecular weight excluding hydrogens is 373 g/mol. The summed E-state index contributed by atoms with van der Waals surface area (Å²) in [5.41, 5.74) is 1.80. The van der Waals surface area contributed by atoms with Crippen LogP contribution < -0.4 is 5.32 Å². The van der Waals surface area contributed by atoms with Crippen molar-refractivity contribution in [3.63, 3.8) is 0 Å². The third kappa shape index (κ3) is 4.77. The number of esters is 1. The van der Waals surface area contributed by atoms with Gasteiger partial charge in [0, 0.05) is 5.69 Å². The maximum atomic E-state index is 12.5. The van der Waals surface area contributed by atoms with Gasteiger partial charge >= 0.3 is 5.97 Å². The molecule has 26 heavy (non-hydrogen) atoms. The molecule has 138 valence electrons. The van der Waals surface area contributed by atoms with Crippen LogP contribution in [-0.2, 0) is 9.53 Å². The highest BCUT2D eigenvalue weighted by Crippen LogP contribution is 2.27. The molecule has 0 heterocycles. The predicted molar refractivity (Wildman–Crippen MR) is 105 cm³/mol. The quantitative estimate of drug-likeness (QED) is 0.641. The van der Waals surface area contributed by atoms with Crippen LogP contribution in [0, 0.1) is 0 Å². The third-order valence-electron chi connectivity index (χ3n) is 4.18. The summed E-state index contributed by atoms with van der Waals surface area (Å²) < 4.78 is 5.24. The van der Waals surface area contributed by atoms with Gasteiger partial charge in [-0.1, -0.05) is 61.3 Å². The van der Waals surface area contributed by atoms with E-state index in [1.165, 1.54) is 19.1 Å². The molecule has 0 saturated carbocycles. The number of benzene rings is 2. The van der Waals surface area contributed by atoms with E-state index in [1.807, 2.05) is 24.3 Å². The van der Waals surface area contributed by atoms with Crippen molar-refractivity contribution in [3.8, 4) is 0 Å². The molecule has 4 nitrogen and oxygen atoms in total. The fraction of sp³-hybridized carbons (Fsp3) is 0.300. The average Bonchev–Trinajstić information content (AvgIpc) is 2.61. The van der Waals surface area contributed by atoms with Crippen molar-refractivity contribution in [2.45, 2.75) is 39.2 Å². The highest BCUT2D eigenvalue weighted by Gasteiger charge is 2.23. The third-order valence-corrected chi connectivity index (χ3v) is 4.81. The number of anilines is 1. The summed E-state index contributed by atoms with van der Waals surface area (Å²) in [4.78, 5) is 24.8. The molecule has 2 atom stereocenters. The number of carbonyl (C=O) groups excluding carboxylic acids is 2. The van der Waals surface area contributed by atoms with Gasteiger partial charge in [-0.3, -0.25) is 4.79 Å². The van der Waals surface area contributed by atoms with E-state index in [2.05, 4.69) is 19.2 Å². The normalized spacial score (nSPS) is 13.0. The fourth-order valence-electron chi connectivity index (χ4n) is 2.46. The number of rotatable bonds is 6. The van der Waals surface area contributed by atoms with Crippen molar-refractivity contribution in [2.75, 3.05) is 5.32 Å². The van der Waals surface area contributed by atoms with Gasteiger partial charge in [-0.25, -0.2) is 4.79 Å². The van der Waals surface area contributed by atoms with E-state index in [0.29, 0.717) is 11.6 Å². The van der Waals surface area contributed by atoms with Crippen LogP contribution in [-0.4, -0.2) is 18.0 Å². The van der Waals surface area contributed by atoms with Crippen molar-refractivity contribution in [1.29, 1.82) is 0 Å². The Morgan fingerprint density at radius 1 is 1.04 bits per heavy atom. The number of hydrogen-bond donors (Lipinski definition) is 1. The number of hydrogen-bond acceptors (Lipinski definition) is 3. The van der Waals surface area contributed by atoms with E-state index in [1.54, 1.807) is 6.07 Å². The molecule has 2 aromatic rings. The van der Waals surface area contributed by atoms with Gasteiger partial charge < -0.3 is 10.1 Å². The van der Waals surface area contributed by atoms with Crippen molar-refractivity contribution < 1.29 is 14.3 Å². The molecule has 0 aliphatic carbocycles. The molecule has 0 unspecified atom stereocenters. The van der Waals surface area contributed by atoms with E-state index in [9.17, 15) is 9.59 Å². The smallest absolute Gasteiger partial charge is 0.341 e. The Bertz CT molecular complexity index is 787. The molecule has 0 radical (unpaired) electrons. The van der Waals surface area contributed by atoms with Gasteiger partial charge in [0.25, 0.3) is 5.91 Å². The molecule has 0 aliphatic rings. The lowest BCUT2D eigenvalue weighted by molar-refractivity contribution is -0.123. The summed E-state index contributed by atoms with van der Waals surface area (Å²) in [6.45, 7) is 5.68. The summed E-state index contributed by atoms with van der Waals surface area (Å²) in [5.74, 6) is -0.859. The Kier molecular flexibility index (Phi) is 7.06. The number of halogens is 2. The van der Waals surface area contributed by atoms with Crippen LogP contribution in [0.1, 0.15) is 49.0 Å². The fourth-order valence-corrected chi connectivity index (χ4v) is 3.01. The molecule has 6 heteroatoms. The lowest BCUT2D eigenvalue weighted by atomic mass is 9.97. The Hall–Kier alpha value is -2.04. The van der Waals surface area contributed by atoms with Gasteiger partial charge in [-0.2, -0.15) is 0 Å². The highest BCUT2D eigenvalue weighted by atomic mass is 35.5. The van der Waals surface area contributed by atoms with Crippen LogP contribution in [0.4, 0.5) is 5.69 Å². The standard InChI is InChI=1S/C20H21Cl2NO3/c1-4-12(2)14-8-5-6-11-17(14)23-19(24)13(3)26-20(25)18-15(21)9-7-10-16(18)22/h5-13H,4H2,1-3H3,(H,23,24)/t12-,13-/m1/s1. The van der Waals surface area contributed by atoms with Gasteiger partial charge in [0.2, 0.25) is 0 Å². The summed E-state index contributed by atoms with van der Waals surface area (Å²) in [5, 5.41) is 3.19. The SMILES string of the molecule is CC[C@@H](C)c1ccccc1NC(=O)[C@@H](C)OC(=O)c1c(Cl)cccc1Cl. The van der Waals surface area contributed by atoms with Crippen LogP contribution in [0.25, 0.3) is 0 Å². The van der Waals surface area contributed by atoms with Crippen LogP contribution in [0.3, 0.4) is 0 Å². The molecule has 2 rings (SSSR count). The molecule has 0 fully saturated rings. The Morgan fingerprint density at radius 2 is 1.65 bits per heavy atom. The van der Waals surface area contributed by atoms with Gasteiger partial charge in [0.15, 0.2) is 6.10 Å². The summed E-state index contributed by atoms with van der Waals surface area (Å²) >= 11 is 12.0. The number of para-hydroxylation sites is 1. The summed E-state index contributed by atoms with van der Waals surface area (Å²) in [7, 11) is 0. The molecule has 0 aliphatic heterocycles. The van der Waals surface area contributed by atoms with Crippen molar-refractivity contribution in [3.05, 3.63) is 63.6 Å². The largest absolute Gasteiger partial charge is 0.449 e. The van der Waals surface area contributed by atoms with E-state index in [4.69, 9.17) is 27.9 Å². The predicted octanol–water partition coefficient (Wildman–Crippen LogP) is 5.69. The van der Waals surface area contributed by atoms with Crippen LogP contribution in [0.15, 0.2) is 42.5 Å². The second-order valence-corrected chi connectivity index (χ2v) is 6.84. The zero-order valence-electron chi connectivity index (χ0n) is 14.9. The molecule has 0 bridgehead atoms. The molecule has 1 amide bonds. The summed E-state index contributed by atoms with van der Waals surface area (Å²) in [6, 6.07) is 12.3. The van der Waals surface area contributed by atoms with Crippen LogP contribution >= 0.6 is 23.2 Å². The number of carbonyl (C=O) groups is 2. The number of amides is 1. The lowest BCUT2D eigenvalue weighted by Gasteiger charge is -2.18. The van der Waals surface area contributed by atoms with Gasteiger partial charge in [0.05, 0.1) is 15.6 Å². The minimum atomic E-state index is -1.00. The summed E-state index contributed by atoms with van der Waals surface area (Å²) in [6.07, 6.45) is -0.0533. The van der Waals surface area contributed by atoms with Gasteiger partial charge in [-0.15, -0.1) is 0 Å². The van der Waals surface area contributed by atoms with E-state index in [0.717, 1.165) is 12.0 Å². The maximum absolute atomic E-state index is 12.5.